The van der Waals surface area contributed by atoms with E-state index in [9.17, 15) is 15.3 Å². The monoisotopic (exact) mass is 322 g/mol. The van der Waals surface area contributed by atoms with Crippen molar-refractivity contribution in [3.63, 3.8) is 0 Å². The number of hydrogen-bond acceptors (Lipinski definition) is 4. The van der Waals surface area contributed by atoms with Gasteiger partial charge in [-0.2, -0.15) is 10.5 Å². The first-order chi connectivity index (χ1) is 11.5. The highest BCUT2D eigenvalue weighted by Crippen LogP contribution is 2.54. The third-order valence-corrected chi connectivity index (χ3v) is 4.62. The molecule has 0 spiro atoms. The Morgan fingerprint density at radius 3 is 2.42 bits per heavy atom. The van der Waals surface area contributed by atoms with Crippen molar-refractivity contribution >= 4 is 11.5 Å². The number of ether oxygens (including phenoxy) is 1. The lowest BCUT2D eigenvalue weighted by molar-refractivity contribution is -0.144. The summed E-state index contributed by atoms with van der Waals surface area (Å²) < 4.78 is 5.05. The Balaban J connectivity index is 2.55. The molecule has 124 valence electrons. The predicted octanol–water partition coefficient (Wildman–Crippen LogP) is 4.10. The molecule has 0 aliphatic heterocycles. The average Bonchev–Trinajstić information content (AvgIpc) is 2.90. The summed E-state index contributed by atoms with van der Waals surface area (Å²) in [6, 6.07) is 14.0. The topological polar surface area (TPSA) is 73.9 Å². The van der Waals surface area contributed by atoms with Crippen LogP contribution in [0.15, 0.2) is 35.9 Å². The van der Waals surface area contributed by atoms with Crippen LogP contribution in [-0.2, 0) is 9.53 Å². The average molecular weight is 322 g/mol. The van der Waals surface area contributed by atoms with Gasteiger partial charge in [-0.15, -0.1) is 0 Å². The highest BCUT2D eigenvalue weighted by atomic mass is 16.5. The van der Waals surface area contributed by atoms with Crippen LogP contribution in [0.5, 0.6) is 0 Å². The highest BCUT2D eigenvalue weighted by molar-refractivity contribution is 5.83. The van der Waals surface area contributed by atoms with Gasteiger partial charge >= 0.3 is 5.97 Å². The maximum Gasteiger partial charge on any atom is 0.306 e. The van der Waals surface area contributed by atoms with Gasteiger partial charge in [0.1, 0.15) is 0 Å². The minimum atomic E-state index is -1.31. The summed E-state index contributed by atoms with van der Waals surface area (Å²) in [5.74, 6) is -0.526. The molecule has 4 heteroatoms. The van der Waals surface area contributed by atoms with E-state index in [4.69, 9.17) is 4.74 Å². The summed E-state index contributed by atoms with van der Waals surface area (Å²) in [6.07, 6.45) is 0.656. The molecular formula is C20H22N2O2. The van der Waals surface area contributed by atoms with Gasteiger partial charge in [-0.3, -0.25) is 4.79 Å². The molecule has 1 aromatic carbocycles. The zero-order valence-corrected chi connectivity index (χ0v) is 14.4. The molecule has 0 radical (unpaired) electrons. The van der Waals surface area contributed by atoms with Crippen molar-refractivity contribution < 1.29 is 9.53 Å². The number of nitriles is 2. The van der Waals surface area contributed by atoms with Crippen molar-refractivity contribution in [3.05, 3.63) is 41.5 Å². The Hall–Kier alpha value is -2.59. The van der Waals surface area contributed by atoms with Gasteiger partial charge in [0.2, 0.25) is 0 Å². The van der Waals surface area contributed by atoms with Gasteiger partial charge in [-0.25, -0.2) is 0 Å². The number of esters is 1. The fraction of sp³-hybridized carbons (Fsp3) is 0.450. The van der Waals surface area contributed by atoms with Crippen LogP contribution < -0.4 is 0 Å². The second-order valence-corrected chi connectivity index (χ2v) is 6.36. The van der Waals surface area contributed by atoms with Crippen LogP contribution >= 0.6 is 0 Å². The lowest BCUT2D eigenvalue weighted by atomic mass is 9.72. The first-order valence-corrected chi connectivity index (χ1v) is 8.27. The first kappa shape index (κ1) is 17.8. The molecule has 0 fully saturated rings. The molecule has 24 heavy (non-hydrogen) atoms. The molecule has 0 saturated carbocycles. The maximum atomic E-state index is 12.0. The Bertz CT molecular complexity index is 706. The van der Waals surface area contributed by atoms with Crippen LogP contribution in [0.25, 0.3) is 5.57 Å². The summed E-state index contributed by atoms with van der Waals surface area (Å²) in [7, 11) is 0. The Morgan fingerprint density at radius 1 is 1.29 bits per heavy atom. The van der Waals surface area contributed by atoms with Gasteiger partial charge in [-0.05, 0) is 30.4 Å². The number of carbonyl (C=O) groups is 1. The van der Waals surface area contributed by atoms with E-state index in [1.165, 1.54) is 0 Å². The number of nitrogens with zero attached hydrogens (tertiary/aromatic N) is 2. The van der Waals surface area contributed by atoms with E-state index in [2.05, 4.69) is 26.0 Å². The van der Waals surface area contributed by atoms with E-state index in [0.717, 1.165) is 16.7 Å². The number of benzene rings is 1. The lowest BCUT2D eigenvalue weighted by Gasteiger charge is -2.24. The fourth-order valence-corrected chi connectivity index (χ4v) is 3.49. The third-order valence-electron chi connectivity index (χ3n) is 4.62. The van der Waals surface area contributed by atoms with E-state index in [1.54, 1.807) is 6.92 Å². The fourth-order valence-electron chi connectivity index (χ4n) is 3.49. The van der Waals surface area contributed by atoms with Crippen molar-refractivity contribution in [2.45, 2.75) is 33.6 Å². The number of allylic oxidation sites excluding steroid dienone is 2. The number of rotatable bonds is 5. The summed E-state index contributed by atoms with van der Waals surface area (Å²) in [5, 5.41) is 19.8. The van der Waals surface area contributed by atoms with Crippen LogP contribution in [0.1, 0.15) is 39.2 Å². The molecule has 1 unspecified atom stereocenters. The number of hydrogen-bond donors (Lipinski definition) is 0. The lowest BCUT2D eigenvalue weighted by Crippen LogP contribution is -2.27. The Labute approximate surface area is 143 Å². The molecule has 0 amide bonds. The molecule has 0 bridgehead atoms. The summed E-state index contributed by atoms with van der Waals surface area (Å²) in [5.41, 5.74) is 1.43. The van der Waals surface area contributed by atoms with E-state index in [-0.39, 0.29) is 24.2 Å². The molecule has 0 aromatic heterocycles. The molecule has 4 nitrogen and oxygen atoms in total. The van der Waals surface area contributed by atoms with E-state index >= 15 is 0 Å². The van der Waals surface area contributed by atoms with Gasteiger partial charge in [0.15, 0.2) is 5.41 Å². The Morgan fingerprint density at radius 2 is 1.92 bits per heavy atom. The van der Waals surface area contributed by atoms with Gasteiger partial charge < -0.3 is 4.74 Å². The molecule has 1 aliphatic carbocycles. The second-order valence-electron chi connectivity index (χ2n) is 6.36. The zero-order chi connectivity index (χ0) is 17.7. The van der Waals surface area contributed by atoms with Crippen LogP contribution in [0.2, 0.25) is 0 Å². The van der Waals surface area contributed by atoms with Crippen molar-refractivity contribution in [1.82, 2.24) is 0 Å². The van der Waals surface area contributed by atoms with Crippen LogP contribution in [-0.4, -0.2) is 12.6 Å². The summed E-state index contributed by atoms with van der Waals surface area (Å²) >= 11 is 0. The van der Waals surface area contributed by atoms with Crippen LogP contribution in [0, 0.1) is 39.9 Å². The molecule has 0 heterocycles. The van der Waals surface area contributed by atoms with E-state index < -0.39 is 5.41 Å². The van der Waals surface area contributed by atoms with E-state index in [0.29, 0.717) is 13.0 Å². The van der Waals surface area contributed by atoms with Gasteiger partial charge in [0.05, 0.1) is 25.2 Å². The standard InChI is InChI=1S/C20H22N2O2/c1-4-24-18(23)11-16-10-17(14(2)3)19(20(16,12-21)13-22)15-8-6-5-7-9-15/h5-9,14,16H,4,10-11H2,1-3H3. The van der Waals surface area contributed by atoms with Crippen molar-refractivity contribution in [1.29, 1.82) is 10.5 Å². The molecule has 0 N–H and O–H groups in total. The Kier molecular flexibility index (Phi) is 5.42. The largest absolute Gasteiger partial charge is 0.466 e. The minimum absolute atomic E-state index is 0.0848. The minimum Gasteiger partial charge on any atom is -0.466 e. The molecule has 1 aromatic rings. The third kappa shape index (κ3) is 3.05. The molecule has 1 aliphatic rings. The van der Waals surface area contributed by atoms with Crippen LogP contribution in [0.4, 0.5) is 0 Å². The molecular weight excluding hydrogens is 300 g/mol. The second kappa shape index (κ2) is 7.32. The highest BCUT2D eigenvalue weighted by Gasteiger charge is 2.51. The zero-order valence-electron chi connectivity index (χ0n) is 14.4. The quantitative estimate of drug-likeness (QED) is 0.765. The van der Waals surface area contributed by atoms with Gasteiger partial charge in [0.25, 0.3) is 0 Å². The maximum absolute atomic E-state index is 12.0. The van der Waals surface area contributed by atoms with Crippen molar-refractivity contribution in [2.24, 2.45) is 17.3 Å². The molecule has 0 saturated heterocycles. The summed E-state index contributed by atoms with van der Waals surface area (Å²) in [6.45, 7) is 6.17. The number of carbonyl (C=O) groups excluding carboxylic acids is 1. The van der Waals surface area contributed by atoms with Gasteiger partial charge in [-0.1, -0.05) is 49.8 Å². The summed E-state index contributed by atoms with van der Waals surface area (Å²) in [4.78, 5) is 12.0. The molecule has 2 rings (SSSR count). The molecule has 1 atom stereocenters. The SMILES string of the molecule is CCOC(=O)CC1CC(C(C)C)=C(c2ccccc2)C1(C#N)C#N. The smallest absolute Gasteiger partial charge is 0.306 e. The van der Waals surface area contributed by atoms with Crippen LogP contribution in [0.3, 0.4) is 0 Å². The normalized spacial score (nSPS) is 19.0. The van der Waals surface area contributed by atoms with Gasteiger partial charge in [0, 0.05) is 5.92 Å². The van der Waals surface area contributed by atoms with Crippen molar-refractivity contribution in [3.8, 4) is 12.1 Å². The van der Waals surface area contributed by atoms with Crippen molar-refractivity contribution in [2.75, 3.05) is 6.61 Å². The predicted molar refractivity (Wildman–Crippen MR) is 91.2 cm³/mol. The van der Waals surface area contributed by atoms with E-state index in [1.807, 2.05) is 30.3 Å². The first-order valence-electron chi connectivity index (χ1n) is 8.27.